The summed E-state index contributed by atoms with van der Waals surface area (Å²) in [4.78, 5) is 28.9. The van der Waals surface area contributed by atoms with Gasteiger partial charge in [0.1, 0.15) is 17.2 Å². The molecule has 160 valence electrons. The van der Waals surface area contributed by atoms with Gasteiger partial charge in [0.15, 0.2) is 0 Å². The lowest BCUT2D eigenvalue weighted by atomic mass is 10.0. The molecule has 0 aliphatic rings. The summed E-state index contributed by atoms with van der Waals surface area (Å²) < 4.78 is 17.1. The minimum Gasteiger partial charge on any atom is -0.457 e. The van der Waals surface area contributed by atoms with Crippen LogP contribution in [-0.4, -0.2) is 15.9 Å². The fourth-order valence-electron chi connectivity index (χ4n) is 3.09. The largest absolute Gasteiger partial charge is 0.457 e. The maximum atomic E-state index is 11.0. The molecule has 0 bridgehead atoms. The van der Waals surface area contributed by atoms with Crippen LogP contribution >= 0.6 is 7.60 Å². The van der Waals surface area contributed by atoms with Gasteiger partial charge in [-0.05, 0) is 78.2 Å². The van der Waals surface area contributed by atoms with Crippen LogP contribution in [0.1, 0.15) is 62.3 Å². The SMILES string of the molecule is CC.Cc1cc(CCCP(=O)(O)O)cc(C)c1Oc1ccc(N=O)c(C(C)C)c1. The molecular formula is C22H32NO5P. The van der Waals surface area contributed by atoms with Gasteiger partial charge in [0.2, 0.25) is 0 Å². The molecule has 7 heteroatoms. The van der Waals surface area contributed by atoms with Crippen LogP contribution in [-0.2, 0) is 11.0 Å². The molecule has 0 saturated heterocycles. The molecule has 0 unspecified atom stereocenters. The first-order valence-electron chi connectivity index (χ1n) is 9.90. The molecule has 2 aromatic carbocycles. The van der Waals surface area contributed by atoms with Crippen LogP contribution < -0.4 is 4.74 Å². The van der Waals surface area contributed by atoms with Crippen molar-refractivity contribution in [2.45, 2.75) is 60.3 Å². The monoisotopic (exact) mass is 421 g/mol. The van der Waals surface area contributed by atoms with Crippen LogP contribution in [0.15, 0.2) is 35.5 Å². The Morgan fingerprint density at radius 3 is 2.14 bits per heavy atom. The Kier molecular flexibility index (Phi) is 9.71. The summed E-state index contributed by atoms with van der Waals surface area (Å²) in [7, 11) is -3.96. The van der Waals surface area contributed by atoms with Crippen molar-refractivity contribution in [1.29, 1.82) is 0 Å². The Labute approximate surface area is 173 Å². The predicted octanol–water partition coefficient (Wildman–Crippen LogP) is 6.75. The van der Waals surface area contributed by atoms with Crippen LogP contribution in [0.3, 0.4) is 0 Å². The first-order chi connectivity index (χ1) is 13.6. The Bertz CT molecular complexity index is 850. The topological polar surface area (TPSA) is 96.2 Å². The van der Waals surface area contributed by atoms with Gasteiger partial charge in [-0.1, -0.05) is 39.8 Å². The lowest BCUT2D eigenvalue weighted by Crippen LogP contribution is -1.97. The molecule has 0 saturated carbocycles. The van der Waals surface area contributed by atoms with Gasteiger partial charge >= 0.3 is 7.60 Å². The van der Waals surface area contributed by atoms with E-state index in [1.165, 1.54) is 0 Å². The maximum absolute atomic E-state index is 11.0. The van der Waals surface area contributed by atoms with Crippen LogP contribution in [0.5, 0.6) is 11.5 Å². The van der Waals surface area contributed by atoms with E-state index < -0.39 is 7.60 Å². The average molecular weight is 421 g/mol. The highest BCUT2D eigenvalue weighted by molar-refractivity contribution is 7.51. The molecule has 0 fully saturated rings. The third-order valence-electron chi connectivity index (χ3n) is 4.37. The summed E-state index contributed by atoms with van der Waals surface area (Å²) in [5.41, 5.74) is 4.18. The van der Waals surface area contributed by atoms with E-state index in [0.717, 1.165) is 28.0 Å². The number of hydrogen-bond donors (Lipinski definition) is 2. The van der Waals surface area contributed by atoms with Gasteiger partial charge in [-0.2, -0.15) is 0 Å². The molecule has 0 aliphatic carbocycles. The lowest BCUT2D eigenvalue weighted by molar-refractivity contribution is 0.371. The predicted molar refractivity (Wildman–Crippen MR) is 119 cm³/mol. The number of benzene rings is 2. The van der Waals surface area contributed by atoms with Crippen LogP contribution in [0, 0.1) is 18.8 Å². The highest BCUT2D eigenvalue weighted by atomic mass is 31.2. The van der Waals surface area contributed by atoms with E-state index in [1.807, 2.05) is 59.7 Å². The highest BCUT2D eigenvalue weighted by Crippen LogP contribution is 2.37. The third kappa shape index (κ3) is 7.73. The van der Waals surface area contributed by atoms with Crippen molar-refractivity contribution in [2.24, 2.45) is 5.18 Å². The summed E-state index contributed by atoms with van der Waals surface area (Å²) >= 11 is 0. The summed E-state index contributed by atoms with van der Waals surface area (Å²) in [6.45, 7) is 11.9. The quantitative estimate of drug-likeness (QED) is 0.363. The van der Waals surface area contributed by atoms with Gasteiger partial charge in [-0.15, -0.1) is 4.91 Å². The minimum atomic E-state index is -3.96. The Morgan fingerprint density at radius 2 is 1.66 bits per heavy atom. The van der Waals surface area contributed by atoms with Crippen molar-refractivity contribution in [1.82, 2.24) is 0 Å². The zero-order valence-corrected chi connectivity index (χ0v) is 19.0. The molecule has 2 aromatic rings. The minimum absolute atomic E-state index is 0.113. The molecule has 2 N–H and O–H groups in total. The number of rotatable bonds is 8. The van der Waals surface area contributed by atoms with Crippen molar-refractivity contribution >= 4 is 13.3 Å². The molecule has 0 aliphatic heterocycles. The van der Waals surface area contributed by atoms with E-state index in [1.54, 1.807) is 12.1 Å². The van der Waals surface area contributed by atoms with Crippen LogP contribution in [0.2, 0.25) is 0 Å². The summed E-state index contributed by atoms with van der Waals surface area (Å²) in [6, 6.07) is 9.20. The first kappa shape index (κ1) is 25.0. The smallest absolute Gasteiger partial charge is 0.325 e. The maximum Gasteiger partial charge on any atom is 0.325 e. The Balaban J connectivity index is 0.00000204. The van der Waals surface area contributed by atoms with Crippen molar-refractivity contribution in [3.8, 4) is 11.5 Å². The van der Waals surface area contributed by atoms with Gasteiger partial charge in [0, 0.05) is 0 Å². The lowest BCUT2D eigenvalue weighted by Gasteiger charge is -2.16. The number of ether oxygens (including phenoxy) is 1. The summed E-state index contributed by atoms with van der Waals surface area (Å²) in [6.07, 6.45) is 0.921. The van der Waals surface area contributed by atoms with Crippen molar-refractivity contribution in [3.05, 3.63) is 57.5 Å². The van der Waals surface area contributed by atoms with E-state index in [4.69, 9.17) is 14.5 Å². The second kappa shape index (κ2) is 11.2. The fraction of sp³-hybridized carbons (Fsp3) is 0.455. The second-order valence-electron chi connectivity index (χ2n) is 7.12. The Hall–Kier alpha value is -2.01. The second-order valence-corrected chi connectivity index (χ2v) is 8.90. The normalized spacial score (nSPS) is 11.1. The van der Waals surface area contributed by atoms with Gasteiger partial charge < -0.3 is 14.5 Å². The van der Waals surface area contributed by atoms with E-state index in [-0.39, 0.29) is 12.1 Å². The van der Waals surface area contributed by atoms with Crippen LogP contribution in [0.4, 0.5) is 5.69 Å². The molecule has 2 rings (SSSR count). The van der Waals surface area contributed by atoms with E-state index in [0.29, 0.717) is 24.3 Å². The summed E-state index contributed by atoms with van der Waals surface area (Å²) in [5, 5.41) is 3.07. The molecule has 0 aromatic heterocycles. The van der Waals surface area contributed by atoms with E-state index in [9.17, 15) is 9.47 Å². The third-order valence-corrected chi connectivity index (χ3v) is 5.27. The average Bonchev–Trinajstić information content (AvgIpc) is 2.65. The number of nitroso groups, excluding NO2 is 1. The van der Waals surface area contributed by atoms with Gasteiger partial charge in [0.05, 0.1) is 6.16 Å². The molecule has 29 heavy (non-hydrogen) atoms. The number of aryl methyl sites for hydroxylation is 3. The van der Waals surface area contributed by atoms with Crippen LogP contribution in [0.25, 0.3) is 0 Å². The fourth-order valence-corrected chi connectivity index (χ4v) is 3.66. The first-order valence-corrected chi connectivity index (χ1v) is 11.7. The zero-order chi connectivity index (χ0) is 22.2. The van der Waals surface area contributed by atoms with Gasteiger partial charge in [-0.3, -0.25) is 4.57 Å². The van der Waals surface area contributed by atoms with Crippen molar-refractivity contribution in [2.75, 3.05) is 6.16 Å². The molecule has 0 spiro atoms. The number of nitrogens with zero attached hydrogens (tertiary/aromatic N) is 1. The Morgan fingerprint density at radius 1 is 1.07 bits per heavy atom. The molecule has 0 heterocycles. The molecule has 0 radical (unpaired) electrons. The van der Waals surface area contributed by atoms with E-state index in [2.05, 4.69) is 5.18 Å². The van der Waals surface area contributed by atoms with Crippen molar-refractivity contribution in [3.63, 3.8) is 0 Å². The van der Waals surface area contributed by atoms with Gasteiger partial charge in [0.25, 0.3) is 0 Å². The van der Waals surface area contributed by atoms with E-state index >= 15 is 0 Å². The standard InChI is InChI=1S/C20H26NO5P.C2H6/c1-13(2)18-12-17(7-8-19(18)21-22)26-20-14(3)10-16(11-15(20)4)6-5-9-27(23,24)25;1-2/h7-8,10-13H,5-6,9H2,1-4H3,(H2,23,24,25);1-2H3. The summed E-state index contributed by atoms with van der Waals surface area (Å²) in [5.74, 6) is 1.54. The molecule has 6 nitrogen and oxygen atoms in total. The molecule has 0 amide bonds. The molecule has 0 atom stereocenters. The highest BCUT2D eigenvalue weighted by Gasteiger charge is 2.14. The number of hydrogen-bond acceptors (Lipinski definition) is 4. The zero-order valence-electron chi connectivity index (χ0n) is 18.1. The van der Waals surface area contributed by atoms with Crippen molar-refractivity contribution < 1.29 is 19.1 Å². The molecular weight excluding hydrogens is 389 g/mol. The van der Waals surface area contributed by atoms with Gasteiger partial charge in [-0.25, -0.2) is 0 Å².